The lowest BCUT2D eigenvalue weighted by Gasteiger charge is -2.33. The van der Waals surface area contributed by atoms with Crippen molar-refractivity contribution >= 4 is 11.9 Å². The van der Waals surface area contributed by atoms with E-state index in [1.807, 2.05) is 30.3 Å². The number of carbonyl (C=O) groups is 1. The second-order valence-corrected chi connectivity index (χ2v) is 5.63. The fraction of sp³-hybridized carbons (Fsp3) is 0.278. The highest BCUT2D eigenvalue weighted by atomic mass is 19.4. The Kier molecular flexibility index (Phi) is 5.07. The van der Waals surface area contributed by atoms with Crippen LogP contribution in [0.3, 0.4) is 0 Å². The summed E-state index contributed by atoms with van der Waals surface area (Å²) < 4.78 is 38.3. The number of anilines is 1. The van der Waals surface area contributed by atoms with E-state index in [0.717, 1.165) is 17.8 Å². The number of aromatic nitrogens is 2. The summed E-state index contributed by atoms with van der Waals surface area (Å²) in [5.41, 5.74) is -0.230. The first kappa shape index (κ1) is 17.7. The highest BCUT2D eigenvalue weighted by Crippen LogP contribution is 2.28. The van der Waals surface area contributed by atoms with Crippen molar-refractivity contribution in [2.24, 2.45) is 0 Å². The number of carbonyl (C=O) groups excluding carboxylic acids is 1. The van der Waals surface area contributed by atoms with Gasteiger partial charge in [0.05, 0.1) is 0 Å². The van der Waals surface area contributed by atoms with E-state index in [2.05, 4.69) is 21.8 Å². The van der Waals surface area contributed by atoms with Crippen LogP contribution in [-0.4, -0.2) is 47.0 Å². The van der Waals surface area contributed by atoms with Gasteiger partial charge < -0.3 is 9.80 Å². The largest absolute Gasteiger partial charge is 0.433 e. The van der Waals surface area contributed by atoms with E-state index in [1.165, 1.54) is 0 Å². The van der Waals surface area contributed by atoms with Crippen LogP contribution < -0.4 is 4.90 Å². The van der Waals surface area contributed by atoms with Gasteiger partial charge in [-0.2, -0.15) is 13.2 Å². The molecule has 5 nitrogen and oxygen atoms in total. The maximum absolute atomic E-state index is 12.8. The molecule has 0 aliphatic carbocycles. The van der Waals surface area contributed by atoms with Gasteiger partial charge in [0, 0.05) is 43.9 Å². The first-order valence-corrected chi connectivity index (χ1v) is 7.94. The van der Waals surface area contributed by atoms with Gasteiger partial charge in [-0.3, -0.25) is 4.79 Å². The fourth-order valence-electron chi connectivity index (χ4n) is 2.49. The van der Waals surface area contributed by atoms with E-state index in [9.17, 15) is 18.0 Å². The molecule has 0 atom stereocenters. The Bertz CT molecular complexity index is 835. The van der Waals surface area contributed by atoms with E-state index in [0.29, 0.717) is 26.2 Å². The Labute approximate surface area is 148 Å². The average Bonchev–Trinajstić information content (AvgIpc) is 2.66. The highest BCUT2D eigenvalue weighted by Gasteiger charge is 2.33. The summed E-state index contributed by atoms with van der Waals surface area (Å²) in [6, 6.07) is 9.99. The van der Waals surface area contributed by atoms with E-state index in [4.69, 9.17) is 0 Å². The van der Waals surface area contributed by atoms with Gasteiger partial charge >= 0.3 is 6.18 Å². The first-order chi connectivity index (χ1) is 12.4. The van der Waals surface area contributed by atoms with Gasteiger partial charge in [-0.1, -0.05) is 24.1 Å². The average molecular weight is 360 g/mol. The van der Waals surface area contributed by atoms with Crippen molar-refractivity contribution in [3.05, 3.63) is 53.9 Å². The molecule has 3 rings (SSSR count). The molecule has 0 radical (unpaired) electrons. The Morgan fingerprint density at radius 2 is 1.73 bits per heavy atom. The van der Waals surface area contributed by atoms with Crippen molar-refractivity contribution < 1.29 is 18.0 Å². The number of hydrogen-bond acceptors (Lipinski definition) is 4. The quantitative estimate of drug-likeness (QED) is 0.732. The second-order valence-electron chi connectivity index (χ2n) is 5.63. The summed E-state index contributed by atoms with van der Waals surface area (Å²) in [6.07, 6.45) is -3.42. The molecule has 1 aliphatic rings. The number of hydrogen-bond donors (Lipinski definition) is 0. The maximum atomic E-state index is 12.8. The summed E-state index contributed by atoms with van der Waals surface area (Å²) in [6.45, 7) is 1.39. The minimum absolute atomic E-state index is 0.0160. The van der Waals surface area contributed by atoms with E-state index in [-0.39, 0.29) is 11.9 Å². The van der Waals surface area contributed by atoms with Gasteiger partial charge in [-0.15, -0.1) is 0 Å². The monoisotopic (exact) mass is 360 g/mol. The molecule has 0 N–H and O–H groups in total. The molecule has 8 heteroatoms. The Morgan fingerprint density at radius 1 is 1.04 bits per heavy atom. The Morgan fingerprint density at radius 3 is 2.38 bits per heavy atom. The molecule has 2 aromatic rings. The number of nitrogens with zero attached hydrogens (tertiary/aromatic N) is 4. The van der Waals surface area contributed by atoms with Gasteiger partial charge in [0.1, 0.15) is 5.69 Å². The second kappa shape index (κ2) is 7.44. The minimum Gasteiger partial charge on any atom is -0.337 e. The standard InChI is InChI=1S/C18H15F3N4O/c19-18(20,21)15-8-9-22-17(23-15)25-12-10-24(11-13-25)16(26)7-6-14-4-2-1-3-5-14/h1-5,8-9H,10-13H2. The molecular formula is C18H15F3N4O. The van der Waals surface area contributed by atoms with Crippen molar-refractivity contribution in [1.29, 1.82) is 0 Å². The Balaban J connectivity index is 1.61. The van der Waals surface area contributed by atoms with Crippen LogP contribution in [0.15, 0.2) is 42.6 Å². The van der Waals surface area contributed by atoms with Gasteiger partial charge in [0.15, 0.2) is 0 Å². The minimum atomic E-state index is -4.51. The first-order valence-electron chi connectivity index (χ1n) is 7.94. The zero-order chi connectivity index (χ0) is 18.6. The molecule has 26 heavy (non-hydrogen) atoms. The molecule has 2 heterocycles. The number of halogens is 3. The van der Waals surface area contributed by atoms with E-state index < -0.39 is 11.9 Å². The van der Waals surface area contributed by atoms with Crippen molar-refractivity contribution in [3.8, 4) is 11.8 Å². The van der Waals surface area contributed by atoms with E-state index >= 15 is 0 Å². The summed E-state index contributed by atoms with van der Waals surface area (Å²) in [5, 5.41) is 0. The fourth-order valence-corrected chi connectivity index (χ4v) is 2.49. The van der Waals surface area contributed by atoms with Crippen LogP contribution in [0, 0.1) is 11.8 Å². The van der Waals surface area contributed by atoms with Crippen LogP contribution in [0.5, 0.6) is 0 Å². The molecule has 0 unspecified atom stereocenters. The van der Waals surface area contributed by atoms with Crippen LogP contribution >= 0.6 is 0 Å². The number of rotatable bonds is 1. The van der Waals surface area contributed by atoms with E-state index in [1.54, 1.807) is 9.80 Å². The Hall–Kier alpha value is -3.08. The third kappa shape index (κ3) is 4.30. The van der Waals surface area contributed by atoms with Gasteiger partial charge in [-0.25, -0.2) is 9.97 Å². The topological polar surface area (TPSA) is 49.3 Å². The lowest BCUT2D eigenvalue weighted by molar-refractivity contribution is -0.141. The predicted octanol–water partition coefficient (Wildman–Crippen LogP) is 2.20. The SMILES string of the molecule is O=C(C#Cc1ccccc1)N1CCN(c2nccc(C(F)(F)F)n2)CC1. The molecule has 1 aromatic heterocycles. The van der Waals surface area contributed by atoms with Crippen LogP contribution in [0.1, 0.15) is 11.3 Å². The smallest absolute Gasteiger partial charge is 0.337 e. The zero-order valence-corrected chi connectivity index (χ0v) is 13.7. The van der Waals surface area contributed by atoms with Crippen molar-refractivity contribution in [3.63, 3.8) is 0 Å². The van der Waals surface area contributed by atoms with Crippen molar-refractivity contribution in [1.82, 2.24) is 14.9 Å². The molecular weight excluding hydrogens is 345 g/mol. The predicted molar refractivity (Wildman–Crippen MR) is 89.1 cm³/mol. The molecule has 1 aromatic carbocycles. The molecule has 1 saturated heterocycles. The maximum Gasteiger partial charge on any atom is 0.433 e. The third-order valence-electron chi connectivity index (χ3n) is 3.87. The molecule has 1 fully saturated rings. The van der Waals surface area contributed by atoms with Gasteiger partial charge in [0.2, 0.25) is 5.95 Å². The zero-order valence-electron chi connectivity index (χ0n) is 13.7. The number of amides is 1. The number of piperazine rings is 1. The van der Waals surface area contributed by atoms with Crippen LogP contribution in [0.4, 0.5) is 19.1 Å². The molecule has 0 bridgehead atoms. The summed E-state index contributed by atoms with van der Waals surface area (Å²) in [7, 11) is 0. The van der Waals surface area contributed by atoms with Crippen LogP contribution in [-0.2, 0) is 11.0 Å². The highest BCUT2D eigenvalue weighted by molar-refractivity contribution is 5.94. The van der Waals surface area contributed by atoms with Crippen LogP contribution in [0.25, 0.3) is 0 Å². The lowest BCUT2D eigenvalue weighted by Crippen LogP contribution is -2.49. The van der Waals surface area contributed by atoms with Crippen LogP contribution in [0.2, 0.25) is 0 Å². The summed E-state index contributed by atoms with van der Waals surface area (Å²) in [5.74, 6) is 5.10. The summed E-state index contributed by atoms with van der Waals surface area (Å²) >= 11 is 0. The van der Waals surface area contributed by atoms with Crippen molar-refractivity contribution in [2.45, 2.75) is 6.18 Å². The third-order valence-corrected chi connectivity index (χ3v) is 3.87. The van der Waals surface area contributed by atoms with Gasteiger partial charge in [-0.05, 0) is 18.2 Å². The van der Waals surface area contributed by atoms with Gasteiger partial charge in [0.25, 0.3) is 5.91 Å². The molecule has 0 spiro atoms. The number of benzene rings is 1. The normalized spacial score (nSPS) is 14.6. The lowest BCUT2D eigenvalue weighted by atomic mass is 10.2. The number of alkyl halides is 3. The summed E-state index contributed by atoms with van der Waals surface area (Å²) in [4.78, 5) is 22.8. The molecule has 1 amide bonds. The van der Waals surface area contributed by atoms with Crippen molar-refractivity contribution in [2.75, 3.05) is 31.1 Å². The molecule has 0 saturated carbocycles. The molecule has 1 aliphatic heterocycles. The molecule has 134 valence electrons.